The van der Waals surface area contributed by atoms with Crippen molar-refractivity contribution in [3.63, 3.8) is 0 Å². The van der Waals surface area contributed by atoms with Crippen LogP contribution in [-0.4, -0.2) is 44.3 Å². The van der Waals surface area contributed by atoms with E-state index in [9.17, 15) is 5.11 Å². The maximum atomic E-state index is 10.1. The number of aryl methyl sites for hydroxylation is 1. The summed E-state index contributed by atoms with van der Waals surface area (Å²) in [4.78, 5) is 10.8. The topological polar surface area (TPSA) is 75.3 Å². The number of rotatable bonds is 6. The lowest BCUT2D eigenvalue weighted by molar-refractivity contribution is 0.172. The van der Waals surface area contributed by atoms with E-state index < -0.39 is 0 Å². The Kier molecular flexibility index (Phi) is 5.04. The number of pyridine rings is 1. The highest BCUT2D eigenvalue weighted by atomic mass is 16.5. The smallest absolute Gasteiger partial charge is 0.244 e. The van der Waals surface area contributed by atoms with Crippen molar-refractivity contribution in [2.45, 2.75) is 31.4 Å². The first-order valence-electron chi connectivity index (χ1n) is 8.99. The Morgan fingerprint density at radius 2 is 1.92 bits per heavy atom. The van der Waals surface area contributed by atoms with Gasteiger partial charge in [-0.1, -0.05) is 35.5 Å². The molecule has 134 valence electrons. The van der Waals surface area contributed by atoms with E-state index in [4.69, 9.17) is 4.52 Å². The van der Waals surface area contributed by atoms with Gasteiger partial charge in [-0.05, 0) is 43.5 Å². The quantitative estimate of drug-likeness (QED) is 0.737. The Morgan fingerprint density at radius 3 is 2.73 bits per heavy atom. The first-order chi connectivity index (χ1) is 12.8. The highest BCUT2D eigenvalue weighted by Gasteiger charge is 2.35. The Labute approximate surface area is 152 Å². The van der Waals surface area contributed by atoms with Crippen LogP contribution in [0.1, 0.15) is 30.3 Å². The van der Waals surface area contributed by atoms with Gasteiger partial charge in [0.2, 0.25) is 11.7 Å². The summed E-state index contributed by atoms with van der Waals surface area (Å²) in [6.45, 7) is 1.54. The van der Waals surface area contributed by atoms with Crippen molar-refractivity contribution in [1.29, 1.82) is 0 Å². The van der Waals surface area contributed by atoms with Crippen molar-refractivity contribution >= 4 is 0 Å². The molecule has 0 amide bonds. The molecule has 26 heavy (non-hydrogen) atoms. The van der Waals surface area contributed by atoms with Crippen molar-refractivity contribution in [3.05, 3.63) is 66.3 Å². The molecule has 1 saturated heterocycles. The van der Waals surface area contributed by atoms with E-state index in [1.807, 2.05) is 18.2 Å². The second-order valence-electron chi connectivity index (χ2n) is 6.68. The van der Waals surface area contributed by atoms with Gasteiger partial charge < -0.3 is 9.63 Å². The highest BCUT2D eigenvalue weighted by molar-refractivity contribution is 5.52. The predicted octanol–water partition coefficient (Wildman–Crippen LogP) is 2.87. The van der Waals surface area contributed by atoms with Crippen LogP contribution < -0.4 is 0 Å². The van der Waals surface area contributed by atoms with Gasteiger partial charge in [-0.3, -0.25) is 9.88 Å². The average molecular weight is 350 g/mol. The number of hydrogen-bond donors (Lipinski definition) is 1. The van der Waals surface area contributed by atoms with E-state index in [2.05, 4.69) is 44.3 Å². The van der Waals surface area contributed by atoms with Gasteiger partial charge >= 0.3 is 0 Å². The van der Waals surface area contributed by atoms with Crippen molar-refractivity contribution in [1.82, 2.24) is 20.0 Å². The Hall–Kier alpha value is -2.57. The van der Waals surface area contributed by atoms with E-state index in [-0.39, 0.29) is 12.1 Å². The third kappa shape index (κ3) is 3.81. The molecule has 1 aliphatic rings. The van der Waals surface area contributed by atoms with E-state index in [0.29, 0.717) is 24.7 Å². The second-order valence-corrected chi connectivity index (χ2v) is 6.68. The van der Waals surface area contributed by atoms with E-state index in [1.165, 1.54) is 5.56 Å². The van der Waals surface area contributed by atoms with Crippen LogP contribution in [0.2, 0.25) is 0 Å². The molecule has 2 unspecified atom stereocenters. The molecule has 0 spiro atoms. The number of hydrogen-bond acceptors (Lipinski definition) is 6. The fourth-order valence-electron chi connectivity index (χ4n) is 3.50. The van der Waals surface area contributed by atoms with E-state index >= 15 is 0 Å². The standard InChI is InChI=1S/C20H22N4O2/c25-17-13-18(20-22-19(23-26-20)16-8-10-21-11-9-16)24(14-17)12-4-7-15-5-2-1-3-6-15/h1-3,5-6,8-11,17-18,25H,4,7,12-14H2. The van der Waals surface area contributed by atoms with Gasteiger partial charge in [-0.2, -0.15) is 4.98 Å². The number of β-amino-alcohol motifs (C(OH)–C–C–N with tert-alkyl or cyclic N) is 1. The number of benzene rings is 1. The molecular formula is C20H22N4O2. The first-order valence-corrected chi connectivity index (χ1v) is 8.99. The summed E-state index contributed by atoms with van der Waals surface area (Å²) >= 11 is 0. The summed E-state index contributed by atoms with van der Waals surface area (Å²) in [6.07, 6.45) is 5.74. The van der Waals surface area contributed by atoms with Crippen molar-refractivity contribution in [3.8, 4) is 11.4 Å². The monoisotopic (exact) mass is 350 g/mol. The highest BCUT2D eigenvalue weighted by Crippen LogP contribution is 2.32. The Balaban J connectivity index is 1.42. The normalized spacial score (nSPS) is 20.5. The van der Waals surface area contributed by atoms with Crippen LogP contribution in [0, 0.1) is 0 Å². The minimum Gasteiger partial charge on any atom is -0.392 e. The van der Waals surface area contributed by atoms with Gasteiger partial charge in [0.15, 0.2) is 0 Å². The van der Waals surface area contributed by atoms with Crippen LogP contribution in [-0.2, 0) is 6.42 Å². The summed E-state index contributed by atoms with van der Waals surface area (Å²) in [5, 5.41) is 14.2. The third-order valence-electron chi connectivity index (χ3n) is 4.80. The van der Waals surface area contributed by atoms with Gasteiger partial charge in [0.1, 0.15) is 0 Å². The summed E-state index contributed by atoms with van der Waals surface area (Å²) in [6, 6.07) is 14.2. The molecular weight excluding hydrogens is 328 g/mol. The van der Waals surface area contributed by atoms with Crippen molar-refractivity contribution < 1.29 is 9.63 Å². The summed E-state index contributed by atoms with van der Waals surface area (Å²) in [5.41, 5.74) is 2.21. The van der Waals surface area contributed by atoms with Gasteiger partial charge in [0.05, 0.1) is 12.1 Å². The van der Waals surface area contributed by atoms with Crippen LogP contribution >= 0.6 is 0 Å². The summed E-state index contributed by atoms with van der Waals surface area (Å²) in [5.74, 6) is 1.14. The molecule has 0 saturated carbocycles. The lowest BCUT2D eigenvalue weighted by atomic mass is 10.1. The van der Waals surface area contributed by atoms with Gasteiger partial charge in [-0.15, -0.1) is 0 Å². The maximum absolute atomic E-state index is 10.1. The number of aliphatic hydroxyl groups excluding tert-OH is 1. The summed E-state index contributed by atoms with van der Waals surface area (Å²) < 4.78 is 5.51. The van der Waals surface area contributed by atoms with Gasteiger partial charge in [0.25, 0.3) is 0 Å². The molecule has 1 N–H and O–H groups in total. The predicted molar refractivity (Wildman–Crippen MR) is 97.2 cm³/mol. The number of aliphatic hydroxyl groups is 1. The molecule has 3 aromatic rings. The lowest BCUT2D eigenvalue weighted by Crippen LogP contribution is -2.26. The Morgan fingerprint density at radius 1 is 1.12 bits per heavy atom. The molecule has 1 aliphatic heterocycles. The molecule has 1 fully saturated rings. The zero-order valence-electron chi connectivity index (χ0n) is 14.5. The minimum absolute atomic E-state index is 0.0242. The van der Waals surface area contributed by atoms with Gasteiger partial charge in [-0.25, -0.2) is 0 Å². The molecule has 2 aromatic heterocycles. The molecule has 6 nitrogen and oxygen atoms in total. The second kappa shape index (κ2) is 7.76. The molecule has 0 bridgehead atoms. The SMILES string of the molecule is OC1CC(c2nc(-c3ccncc3)no2)N(CCCc2ccccc2)C1. The molecule has 1 aromatic carbocycles. The third-order valence-corrected chi connectivity index (χ3v) is 4.80. The van der Waals surface area contributed by atoms with Crippen LogP contribution in [0.25, 0.3) is 11.4 Å². The zero-order valence-corrected chi connectivity index (χ0v) is 14.5. The van der Waals surface area contributed by atoms with Crippen molar-refractivity contribution in [2.75, 3.05) is 13.1 Å². The van der Waals surface area contributed by atoms with Crippen LogP contribution in [0.5, 0.6) is 0 Å². The lowest BCUT2D eigenvalue weighted by Gasteiger charge is -2.20. The fourth-order valence-corrected chi connectivity index (χ4v) is 3.50. The molecule has 0 radical (unpaired) electrons. The van der Waals surface area contributed by atoms with Crippen molar-refractivity contribution in [2.24, 2.45) is 0 Å². The molecule has 3 heterocycles. The summed E-state index contributed by atoms with van der Waals surface area (Å²) in [7, 11) is 0. The largest absolute Gasteiger partial charge is 0.392 e. The molecule has 6 heteroatoms. The number of aromatic nitrogens is 3. The Bertz CT molecular complexity index is 822. The number of likely N-dealkylation sites (tertiary alicyclic amines) is 1. The minimum atomic E-state index is -0.354. The van der Waals surface area contributed by atoms with E-state index in [0.717, 1.165) is 24.9 Å². The molecule has 2 atom stereocenters. The van der Waals surface area contributed by atoms with Gasteiger partial charge in [0, 0.05) is 24.5 Å². The zero-order chi connectivity index (χ0) is 17.8. The first kappa shape index (κ1) is 16.9. The molecule has 0 aliphatic carbocycles. The maximum Gasteiger partial charge on any atom is 0.244 e. The molecule has 4 rings (SSSR count). The van der Waals surface area contributed by atoms with Crippen LogP contribution in [0.4, 0.5) is 0 Å². The average Bonchev–Trinajstić information content (AvgIpc) is 3.30. The number of nitrogens with zero attached hydrogens (tertiary/aromatic N) is 4. The van der Waals surface area contributed by atoms with Crippen LogP contribution in [0.3, 0.4) is 0 Å². The van der Waals surface area contributed by atoms with Crippen LogP contribution in [0.15, 0.2) is 59.4 Å². The van der Waals surface area contributed by atoms with E-state index in [1.54, 1.807) is 12.4 Å². The fraction of sp³-hybridized carbons (Fsp3) is 0.350.